The Morgan fingerprint density at radius 3 is 3.12 bits per heavy atom. The van der Waals surface area contributed by atoms with Crippen LogP contribution in [0.4, 0.5) is 9.93 Å². The van der Waals surface area contributed by atoms with Gasteiger partial charge in [0.05, 0.1) is 40.2 Å². The Balaban J connectivity index is 1.60. The van der Waals surface area contributed by atoms with Gasteiger partial charge in [-0.1, -0.05) is 11.3 Å². The third kappa shape index (κ3) is 2.24. The van der Waals surface area contributed by atoms with Gasteiger partial charge in [-0.2, -0.15) is 0 Å². The number of urea groups is 1. The molecule has 5 rings (SSSR count). The van der Waals surface area contributed by atoms with Crippen molar-refractivity contribution >= 4 is 43.0 Å². The molecule has 4 heterocycles. The van der Waals surface area contributed by atoms with Gasteiger partial charge in [0.15, 0.2) is 5.13 Å². The largest absolute Gasteiger partial charge is 0.493 e. The van der Waals surface area contributed by atoms with E-state index < -0.39 is 0 Å². The van der Waals surface area contributed by atoms with Crippen LogP contribution in [0, 0.1) is 0 Å². The first-order valence-electron chi connectivity index (χ1n) is 8.67. The fourth-order valence-electron chi connectivity index (χ4n) is 4.11. The molecule has 2 atom stereocenters. The third-order valence-electron chi connectivity index (χ3n) is 5.53. The number of ether oxygens (including phenoxy) is 2. The van der Waals surface area contributed by atoms with Crippen molar-refractivity contribution < 1.29 is 14.3 Å². The molecule has 2 aromatic rings. The van der Waals surface area contributed by atoms with Gasteiger partial charge in [0.1, 0.15) is 5.75 Å². The van der Waals surface area contributed by atoms with Gasteiger partial charge in [-0.15, -0.1) is 0 Å². The second-order valence-corrected chi connectivity index (χ2v) is 10.8. The zero-order valence-corrected chi connectivity index (χ0v) is 17.4. The maximum absolute atomic E-state index is 12.8. The lowest BCUT2D eigenvalue weighted by atomic mass is 9.90. The lowest BCUT2D eigenvalue weighted by molar-refractivity contribution is -0.0749. The highest BCUT2D eigenvalue weighted by Crippen LogP contribution is 2.42. The number of rotatable bonds is 1. The van der Waals surface area contributed by atoms with Gasteiger partial charge in [0.2, 0.25) is 0 Å². The van der Waals surface area contributed by atoms with Gasteiger partial charge in [-0.3, -0.25) is 4.90 Å². The quantitative estimate of drug-likeness (QED) is 0.765. The molecule has 3 aliphatic rings. The molecule has 6 nitrogen and oxygen atoms in total. The number of fused-ring (bicyclic) bond motifs is 4. The molecule has 1 aromatic heterocycles. The number of amides is 2. The molecule has 3 aliphatic heterocycles. The van der Waals surface area contributed by atoms with Crippen LogP contribution in [0.25, 0.3) is 10.2 Å². The first-order chi connectivity index (χ1) is 11.9. The molecule has 0 aliphatic carbocycles. The summed E-state index contributed by atoms with van der Waals surface area (Å²) in [6.07, 6.45) is 1.70. The van der Waals surface area contributed by atoms with Crippen molar-refractivity contribution in [2.45, 2.75) is 43.5 Å². The average molecular weight is 376 g/mol. The Hall–Kier alpha value is -1.64. The molecule has 1 N–H and O–H groups in total. The smallest absolute Gasteiger partial charge is 0.324 e. The topological polar surface area (TPSA) is 63.7 Å². The lowest BCUT2D eigenvalue weighted by Gasteiger charge is -2.44. The van der Waals surface area contributed by atoms with E-state index in [0.717, 1.165) is 44.2 Å². The zero-order valence-electron chi connectivity index (χ0n) is 14.6. The summed E-state index contributed by atoms with van der Waals surface area (Å²) in [5.41, 5.74) is 1.93. The van der Waals surface area contributed by atoms with E-state index >= 15 is 0 Å². The molecule has 25 heavy (non-hydrogen) atoms. The number of hydrogen-bond donors (Lipinski definition) is 1. The van der Waals surface area contributed by atoms with Crippen molar-refractivity contribution in [2.24, 2.45) is 0 Å². The fourth-order valence-corrected chi connectivity index (χ4v) is 5.98. The molecule has 8 heteroatoms. The molecule has 0 bridgehead atoms. The van der Waals surface area contributed by atoms with E-state index in [1.54, 1.807) is 11.3 Å². The number of hydrogen-bond acceptors (Lipinski definition) is 5. The molecule has 132 valence electrons. The zero-order chi connectivity index (χ0) is 17.4. The number of nitrogens with zero attached hydrogens (tertiary/aromatic N) is 2. The second-order valence-electron chi connectivity index (χ2n) is 7.97. The molecule has 0 saturated carbocycles. The summed E-state index contributed by atoms with van der Waals surface area (Å²) < 4.78 is 12.8. The normalized spacial score (nSPS) is 30.2. The Labute approximate surface area is 152 Å². The van der Waals surface area contributed by atoms with Crippen LogP contribution in [-0.4, -0.2) is 51.3 Å². The molecular formula is C17H21N3O3SSi. The highest BCUT2D eigenvalue weighted by molar-refractivity contribution is 7.22. The van der Waals surface area contributed by atoms with Crippen molar-refractivity contribution in [3.8, 4) is 5.75 Å². The number of anilines is 1. The maximum Gasteiger partial charge on any atom is 0.324 e. The monoisotopic (exact) mass is 375 g/mol. The summed E-state index contributed by atoms with van der Waals surface area (Å²) in [5, 5.41) is 3.73. The van der Waals surface area contributed by atoms with Crippen LogP contribution in [-0.2, 0) is 11.2 Å². The van der Waals surface area contributed by atoms with Gasteiger partial charge in [0.25, 0.3) is 0 Å². The summed E-state index contributed by atoms with van der Waals surface area (Å²) in [6.45, 7) is 5.48. The van der Waals surface area contributed by atoms with Crippen molar-refractivity contribution in [3.05, 3.63) is 17.7 Å². The number of benzene rings is 1. The van der Waals surface area contributed by atoms with Crippen molar-refractivity contribution in [1.29, 1.82) is 0 Å². The average Bonchev–Trinajstić information content (AvgIpc) is 3.21. The van der Waals surface area contributed by atoms with Crippen LogP contribution in [0.1, 0.15) is 25.8 Å². The molecular weight excluding hydrogens is 354 g/mol. The highest BCUT2D eigenvalue weighted by Gasteiger charge is 2.54. The summed E-state index contributed by atoms with van der Waals surface area (Å²) in [6, 6.07) is 4.12. The van der Waals surface area contributed by atoms with Crippen molar-refractivity contribution in [1.82, 2.24) is 10.3 Å². The van der Waals surface area contributed by atoms with Gasteiger partial charge in [-0.05, 0) is 32.4 Å². The summed E-state index contributed by atoms with van der Waals surface area (Å²) in [4.78, 5) is 19.5. The minimum Gasteiger partial charge on any atom is -0.493 e. The van der Waals surface area contributed by atoms with E-state index in [9.17, 15) is 4.79 Å². The number of carbonyl (C=O) groups excluding carboxylic acids is 1. The van der Waals surface area contributed by atoms with Crippen molar-refractivity contribution in [2.75, 3.05) is 18.1 Å². The Morgan fingerprint density at radius 2 is 2.28 bits per heavy atom. The predicted octanol–water partition coefficient (Wildman–Crippen LogP) is 1.39. The Kier molecular flexibility index (Phi) is 3.09. The molecule has 2 fully saturated rings. The van der Waals surface area contributed by atoms with E-state index in [1.807, 2.05) is 11.0 Å². The van der Waals surface area contributed by atoms with E-state index in [0.29, 0.717) is 13.2 Å². The summed E-state index contributed by atoms with van der Waals surface area (Å²) in [5.74, 6) is 0.930. The standard InChI is InChI=1S/C17H21N3O3SSi/c1-16(2)7-12-17(25,8-23-16)19-14(21)20(12)15-18-13-9-5-6-22-10(9)3-4-11(13)24-15/h3-4,12H,5-8H2,1-2,25H3,(H,19,21)/t12-,17-/m0/s1. The first-order valence-corrected chi connectivity index (χ1v) is 10.5. The predicted molar refractivity (Wildman–Crippen MR) is 101 cm³/mol. The third-order valence-corrected chi connectivity index (χ3v) is 7.76. The van der Waals surface area contributed by atoms with Gasteiger partial charge in [0, 0.05) is 22.2 Å². The molecule has 1 aromatic carbocycles. The van der Waals surface area contributed by atoms with Crippen LogP contribution in [0.5, 0.6) is 5.75 Å². The van der Waals surface area contributed by atoms with E-state index in [4.69, 9.17) is 14.5 Å². The molecule has 0 radical (unpaired) electrons. The number of thiazole rings is 1. The highest BCUT2D eigenvalue weighted by atomic mass is 32.1. The van der Waals surface area contributed by atoms with Gasteiger partial charge in [-0.25, -0.2) is 9.78 Å². The van der Waals surface area contributed by atoms with Crippen molar-refractivity contribution in [3.63, 3.8) is 0 Å². The second kappa shape index (κ2) is 4.96. The van der Waals surface area contributed by atoms with E-state index in [1.165, 1.54) is 5.56 Å². The molecule has 0 unspecified atom stereocenters. The van der Waals surface area contributed by atoms with E-state index in [-0.39, 0.29) is 22.8 Å². The Bertz CT molecular complexity index is 899. The SMILES string of the molecule is CC1(C)C[C@@H]2N(c3nc4c5c(ccc4s3)OCC5)C(=O)N[C@]2([SiH3])CO1. The van der Waals surface area contributed by atoms with Crippen LogP contribution < -0.4 is 15.0 Å². The van der Waals surface area contributed by atoms with Crippen LogP contribution >= 0.6 is 11.3 Å². The van der Waals surface area contributed by atoms with Crippen LogP contribution in [0.2, 0.25) is 0 Å². The fraction of sp³-hybridized carbons (Fsp3) is 0.529. The minimum absolute atomic E-state index is 0.0479. The minimum atomic E-state index is -0.241. The summed E-state index contributed by atoms with van der Waals surface area (Å²) >= 11 is 1.59. The van der Waals surface area contributed by atoms with Crippen LogP contribution in [0.15, 0.2) is 12.1 Å². The molecule has 2 saturated heterocycles. The first kappa shape index (κ1) is 15.6. The van der Waals surface area contributed by atoms with Gasteiger partial charge >= 0.3 is 6.03 Å². The number of aromatic nitrogens is 1. The van der Waals surface area contributed by atoms with Crippen LogP contribution in [0.3, 0.4) is 0 Å². The Morgan fingerprint density at radius 1 is 1.44 bits per heavy atom. The lowest BCUT2D eigenvalue weighted by Crippen LogP contribution is -2.61. The number of carbonyl (C=O) groups is 1. The molecule has 2 amide bonds. The molecule has 0 spiro atoms. The van der Waals surface area contributed by atoms with E-state index in [2.05, 4.69) is 25.2 Å². The number of nitrogens with one attached hydrogen (secondary N) is 1. The van der Waals surface area contributed by atoms with Gasteiger partial charge < -0.3 is 14.8 Å². The maximum atomic E-state index is 12.8. The summed E-state index contributed by atoms with van der Waals surface area (Å²) in [7, 11) is 0.841.